The Kier molecular flexibility index (Phi) is 3.35. The Balaban J connectivity index is 2.28. The minimum Gasteiger partial charge on any atom is -0.350 e. The summed E-state index contributed by atoms with van der Waals surface area (Å²) in [5.41, 5.74) is 0.937. The monoisotopic (exact) mass is 260 g/mol. The molecule has 1 aliphatic heterocycles. The van der Waals surface area contributed by atoms with Crippen LogP contribution in [0.1, 0.15) is 38.1 Å². The summed E-state index contributed by atoms with van der Waals surface area (Å²) in [5.74, 6) is -0.0691. The summed E-state index contributed by atoms with van der Waals surface area (Å²) in [4.78, 5) is 25.9. The van der Waals surface area contributed by atoms with Crippen LogP contribution < -0.4 is 10.2 Å². The number of para-hydroxylation sites is 1. The molecule has 1 fully saturated rings. The Morgan fingerprint density at radius 2 is 1.95 bits per heavy atom. The average molecular weight is 260 g/mol. The van der Waals surface area contributed by atoms with Crippen molar-refractivity contribution in [3.63, 3.8) is 0 Å². The SMILES string of the molecule is CC(C)NC(=O)c1ccccc1N1CC(C)(C)C1=O. The molecule has 0 unspecified atom stereocenters. The maximum Gasteiger partial charge on any atom is 0.253 e. The molecule has 0 aromatic heterocycles. The van der Waals surface area contributed by atoms with Gasteiger partial charge in [-0.1, -0.05) is 12.1 Å². The first-order valence-electron chi connectivity index (χ1n) is 6.55. The molecule has 1 aliphatic rings. The van der Waals surface area contributed by atoms with E-state index in [0.717, 1.165) is 0 Å². The van der Waals surface area contributed by atoms with E-state index >= 15 is 0 Å². The molecule has 0 bridgehead atoms. The molecule has 1 aromatic carbocycles. The molecule has 1 N–H and O–H groups in total. The highest BCUT2D eigenvalue weighted by molar-refractivity contribution is 6.09. The normalized spacial score (nSPS) is 17.3. The van der Waals surface area contributed by atoms with Crippen molar-refractivity contribution >= 4 is 17.5 Å². The van der Waals surface area contributed by atoms with E-state index in [4.69, 9.17) is 0 Å². The van der Waals surface area contributed by atoms with E-state index in [0.29, 0.717) is 17.8 Å². The highest BCUT2D eigenvalue weighted by atomic mass is 16.2. The molecular weight excluding hydrogens is 240 g/mol. The van der Waals surface area contributed by atoms with Gasteiger partial charge in [0.1, 0.15) is 0 Å². The van der Waals surface area contributed by atoms with Gasteiger partial charge in [0.05, 0.1) is 16.7 Å². The fraction of sp³-hybridized carbons (Fsp3) is 0.467. The molecule has 4 heteroatoms. The second-order valence-corrected chi connectivity index (χ2v) is 5.92. The van der Waals surface area contributed by atoms with Crippen LogP contribution >= 0.6 is 0 Å². The molecule has 2 amide bonds. The fourth-order valence-corrected chi connectivity index (χ4v) is 2.24. The Morgan fingerprint density at radius 3 is 2.47 bits per heavy atom. The van der Waals surface area contributed by atoms with Crippen molar-refractivity contribution in [3.05, 3.63) is 29.8 Å². The minimum atomic E-state index is -0.318. The van der Waals surface area contributed by atoms with Gasteiger partial charge in [-0.3, -0.25) is 9.59 Å². The number of β-lactam (4-membered cyclic amide) rings is 1. The molecule has 0 atom stereocenters. The molecule has 0 spiro atoms. The van der Waals surface area contributed by atoms with Crippen molar-refractivity contribution in [2.75, 3.05) is 11.4 Å². The lowest BCUT2D eigenvalue weighted by Crippen LogP contribution is -2.59. The summed E-state index contributed by atoms with van der Waals surface area (Å²) in [6, 6.07) is 7.31. The molecule has 1 aromatic rings. The van der Waals surface area contributed by atoms with Crippen LogP contribution in [0.2, 0.25) is 0 Å². The summed E-state index contributed by atoms with van der Waals surface area (Å²) in [6.07, 6.45) is 0. The van der Waals surface area contributed by atoms with Gasteiger partial charge >= 0.3 is 0 Å². The van der Waals surface area contributed by atoms with Crippen LogP contribution in [0.4, 0.5) is 5.69 Å². The minimum absolute atomic E-state index is 0.0669. The number of benzene rings is 1. The molecule has 19 heavy (non-hydrogen) atoms. The van der Waals surface area contributed by atoms with Crippen molar-refractivity contribution in [3.8, 4) is 0 Å². The number of hydrogen-bond acceptors (Lipinski definition) is 2. The van der Waals surface area contributed by atoms with E-state index in [1.165, 1.54) is 0 Å². The molecule has 0 radical (unpaired) electrons. The van der Waals surface area contributed by atoms with Gasteiger partial charge in [-0.2, -0.15) is 0 Å². The second-order valence-electron chi connectivity index (χ2n) is 5.92. The summed E-state index contributed by atoms with van der Waals surface area (Å²) in [6.45, 7) is 8.32. The smallest absolute Gasteiger partial charge is 0.253 e. The van der Waals surface area contributed by atoms with Gasteiger partial charge in [-0.15, -0.1) is 0 Å². The zero-order chi connectivity index (χ0) is 14.2. The van der Waals surface area contributed by atoms with Crippen molar-refractivity contribution in [1.29, 1.82) is 0 Å². The molecule has 102 valence electrons. The van der Waals surface area contributed by atoms with Crippen LogP contribution in [-0.2, 0) is 4.79 Å². The van der Waals surface area contributed by atoms with Crippen LogP contribution in [0.15, 0.2) is 24.3 Å². The van der Waals surface area contributed by atoms with Crippen LogP contribution in [0.3, 0.4) is 0 Å². The predicted molar refractivity (Wildman–Crippen MR) is 75.2 cm³/mol. The highest BCUT2D eigenvalue weighted by Gasteiger charge is 2.45. The van der Waals surface area contributed by atoms with Crippen LogP contribution in [0.25, 0.3) is 0 Å². The number of nitrogens with zero attached hydrogens (tertiary/aromatic N) is 1. The number of hydrogen-bond donors (Lipinski definition) is 1. The van der Waals surface area contributed by atoms with Crippen LogP contribution in [0, 0.1) is 5.41 Å². The quantitative estimate of drug-likeness (QED) is 0.847. The first-order chi connectivity index (χ1) is 8.83. The third-order valence-corrected chi connectivity index (χ3v) is 3.24. The standard InChI is InChI=1S/C15H20N2O2/c1-10(2)16-13(18)11-7-5-6-8-12(11)17-9-15(3,4)14(17)19/h5-8,10H,9H2,1-4H3,(H,16,18). The molecule has 0 aliphatic carbocycles. The van der Waals surface area contributed by atoms with Gasteiger partial charge in [0.15, 0.2) is 0 Å². The third kappa shape index (κ3) is 2.48. The summed E-state index contributed by atoms with van der Waals surface area (Å²) >= 11 is 0. The maximum atomic E-state index is 12.1. The number of anilines is 1. The Hall–Kier alpha value is -1.84. The third-order valence-electron chi connectivity index (χ3n) is 3.24. The van der Waals surface area contributed by atoms with Crippen molar-refractivity contribution in [1.82, 2.24) is 5.32 Å². The summed E-state index contributed by atoms with van der Waals surface area (Å²) in [7, 11) is 0. The van der Waals surface area contributed by atoms with Crippen molar-refractivity contribution in [2.24, 2.45) is 5.41 Å². The van der Waals surface area contributed by atoms with E-state index in [1.807, 2.05) is 45.9 Å². The van der Waals surface area contributed by atoms with Crippen LogP contribution in [0.5, 0.6) is 0 Å². The Labute approximate surface area is 113 Å². The first-order valence-corrected chi connectivity index (χ1v) is 6.55. The Morgan fingerprint density at radius 1 is 1.32 bits per heavy atom. The summed E-state index contributed by atoms with van der Waals surface area (Å²) in [5, 5.41) is 2.86. The van der Waals surface area contributed by atoms with Gasteiger partial charge in [-0.05, 0) is 39.8 Å². The predicted octanol–water partition coefficient (Wildman–Crippen LogP) is 2.20. The number of rotatable bonds is 3. The highest BCUT2D eigenvalue weighted by Crippen LogP contribution is 2.36. The topological polar surface area (TPSA) is 49.4 Å². The summed E-state index contributed by atoms with van der Waals surface area (Å²) < 4.78 is 0. The van der Waals surface area contributed by atoms with Gasteiger partial charge in [0.25, 0.3) is 5.91 Å². The van der Waals surface area contributed by atoms with Gasteiger partial charge in [0.2, 0.25) is 5.91 Å². The average Bonchev–Trinajstić information content (AvgIpc) is 2.35. The lowest BCUT2D eigenvalue weighted by molar-refractivity contribution is -0.132. The van der Waals surface area contributed by atoms with E-state index in [9.17, 15) is 9.59 Å². The van der Waals surface area contributed by atoms with Gasteiger partial charge in [-0.25, -0.2) is 0 Å². The van der Waals surface area contributed by atoms with Gasteiger partial charge < -0.3 is 10.2 Å². The van der Waals surface area contributed by atoms with E-state index in [2.05, 4.69) is 5.32 Å². The molecular formula is C15H20N2O2. The van der Waals surface area contributed by atoms with Crippen LogP contribution in [-0.4, -0.2) is 24.4 Å². The number of carbonyl (C=O) groups is 2. The van der Waals surface area contributed by atoms with Crippen molar-refractivity contribution in [2.45, 2.75) is 33.7 Å². The molecule has 1 heterocycles. The molecule has 4 nitrogen and oxygen atoms in total. The first kappa shape index (κ1) is 13.6. The lowest BCUT2D eigenvalue weighted by Gasteiger charge is -2.45. The zero-order valence-corrected chi connectivity index (χ0v) is 11.9. The van der Waals surface area contributed by atoms with Gasteiger partial charge in [0, 0.05) is 12.6 Å². The second kappa shape index (κ2) is 4.68. The lowest BCUT2D eigenvalue weighted by atomic mass is 9.82. The molecule has 0 saturated carbocycles. The number of amides is 2. The molecule has 1 saturated heterocycles. The Bertz CT molecular complexity index is 521. The van der Waals surface area contributed by atoms with E-state index in [-0.39, 0.29) is 23.3 Å². The molecule has 2 rings (SSSR count). The largest absolute Gasteiger partial charge is 0.350 e. The fourth-order valence-electron chi connectivity index (χ4n) is 2.24. The zero-order valence-electron chi connectivity index (χ0n) is 11.9. The van der Waals surface area contributed by atoms with Crippen molar-refractivity contribution < 1.29 is 9.59 Å². The maximum absolute atomic E-state index is 12.1. The van der Waals surface area contributed by atoms with E-state index in [1.54, 1.807) is 11.0 Å². The number of nitrogens with one attached hydrogen (secondary N) is 1. The number of carbonyl (C=O) groups excluding carboxylic acids is 2. The van der Waals surface area contributed by atoms with E-state index < -0.39 is 0 Å².